The molecule has 1 fully saturated rings. The fourth-order valence-electron chi connectivity index (χ4n) is 2.85. The van der Waals surface area contributed by atoms with E-state index < -0.39 is 7.12 Å². The Morgan fingerprint density at radius 1 is 1.09 bits per heavy atom. The summed E-state index contributed by atoms with van der Waals surface area (Å²) in [6.07, 6.45) is 7.72. The molecule has 0 bridgehead atoms. The molecule has 1 atom stereocenters. The molecular weight excluding hydrogens is 293 g/mol. The summed E-state index contributed by atoms with van der Waals surface area (Å²) >= 11 is 0. The molecule has 0 aromatic carbocycles. The van der Waals surface area contributed by atoms with Crippen LogP contribution in [0.2, 0.25) is 6.32 Å². The summed E-state index contributed by atoms with van der Waals surface area (Å²) in [4.78, 5) is 13.3. The van der Waals surface area contributed by atoms with Crippen LogP contribution in [-0.4, -0.2) is 70.8 Å². The van der Waals surface area contributed by atoms with Crippen LogP contribution in [0, 0.1) is 0 Å². The van der Waals surface area contributed by atoms with Crippen LogP contribution < -0.4 is 10.6 Å². The molecule has 1 unspecified atom stereocenters. The third-order valence-corrected chi connectivity index (χ3v) is 4.31. The van der Waals surface area contributed by atoms with E-state index in [1.165, 1.54) is 0 Å². The van der Waals surface area contributed by atoms with Gasteiger partial charge in [-0.25, -0.2) is 9.97 Å². The molecule has 23 heavy (non-hydrogen) atoms. The fraction of sp³-hybridized carbons (Fsp3) is 0.733. The summed E-state index contributed by atoms with van der Waals surface area (Å²) in [5.74, 6) is 0.815. The standard InChI is InChI=1S/C15H28BN5O2/c17-14(4-1-2-6-16(22)23)5-9-20-10-12-21(13-11-20)15-18-7-3-8-19-15/h3,7-8,14,22-23H,1-2,4-6,9-13,17H2. The highest BCUT2D eigenvalue weighted by molar-refractivity contribution is 6.40. The number of hydrogen-bond donors (Lipinski definition) is 3. The second kappa shape index (κ2) is 9.82. The summed E-state index contributed by atoms with van der Waals surface area (Å²) in [5, 5.41) is 17.6. The monoisotopic (exact) mass is 321 g/mol. The van der Waals surface area contributed by atoms with Crippen LogP contribution in [0.15, 0.2) is 18.5 Å². The van der Waals surface area contributed by atoms with E-state index in [0.29, 0.717) is 6.32 Å². The van der Waals surface area contributed by atoms with Crippen molar-refractivity contribution in [1.29, 1.82) is 0 Å². The molecule has 1 aliphatic rings. The second-order valence-corrected chi connectivity index (χ2v) is 6.19. The highest BCUT2D eigenvalue weighted by atomic mass is 16.4. The molecule has 0 aliphatic carbocycles. The fourth-order valence-corrected chi connectivity index (χ4v) is 2.85. The largest absolute Gasteiger partial charge is 0.451 e. The Morgan fingerprint density at radius 2 is 1.78 bits per heavy atom. The van der Waals surface area contributed by atoms with E-state index in [-0.39, 0.29) is 6.04 Å². The lowest BCUT2D eigenvalue weighted by atomic mass is 9.83. The number of unbranched alkanes of at least 4 members (excludes halogenated alkanes) is 1. The van der Waals surface area contributed by atoms with Gasteiger partial charge >= 0.3 is 7.12 Å². The predicted molar refractivity (Wildman–Crippen MR) is 92.1 cm³/mol. The summed E-state index contributed by atoms with van der Waals surface area (Å²) in [6, 6.07) is 2.03. The van der Waals surface area contributed by atoms with E-state index in [4.69, 9.17) is 15.8 Å². The number of nitrogens with zero attached hydrogens (tertiary/aromatic N) is 4. The van der Waals surface area contributed by atoms with Crippen molar-refractivity contribution in [3.63, 3.8) is 0 Å². The zero-order valence-electron chi connectivity index (χ0n) is 13.7. The molecule has 1 saturated heterocycles. The number of hydrogen-bond acceptors (Lipinski definition) is 7. The van der Waals surface area contributed by atoms with Crippen LogP contribution in [-0.2, 0) is 0 Å². The van der Waals surface area contributed by atoms with Gasteiger partial charge in [-0.1, -0.05) is 12.8 Å². The maximum atomic E-state index is 8.80. The molecule has 2 rings (SSSR count). The van der Waals surface area contributed by atoms with Crippen molar-refractivity contribution >= 4 is 13.1 Å². The first-order valence-electron chi connectivity index (χ1n) is 8.51. The van der Waals surface area contributed by atoms with Gasteiger partial charge in [0.05, 0.1) is 0 Å². The third kappa shape index (κ3) is 6.82. The lowest BCUT2D eigenvalue weighted by Gasteiger charge is -2.35. The molecule has 0 spiro atoms. The first kappa shape index (κ1) is 18.1. The SMILES string of the molecule is NC(CCCCB(O)O)CCN1CCN(c2ncccn2)CC1. The van der Waals surface area contributed by atoms with Gasteiger partial charge in [0.15, 0.2) is 0 Å². The first-order chi connectivity index (χ1) is 11.1. The molecule has 1 aromatic heterocycles. The van der Waals surface area contributed by atoms with Crippen molar-refractivity contribution in [2.75, 3.05) is 37.6 Å². The zero-order chi connectivity index (χ0) is 16.5. The number of nitrogens with two attached hydrogens (primary N) is 1. The van der Waals surface area contributed by atoms with Gasteiger partial charge in [-0.05, 0) is 31.8 Å². The van der Waals surface area contributed by atoms with Crippen LogP contribution in [0.3, 0.4) is 0 Å². The Hall–Kier alpha value is -1.22. The molecule has 0 radical (unpaired) electrons. The van der Waals surface area contributed by atoms with Gasteiger partial charge in [0.1, 0.15) is 0 Å². The molecule has 0 amide bonds. The smallest absolute Gasteiger partial charge is 0.427 e. The molecule has 4 N–H and O–H groups in total. The maximum absolute atomic E-state index is 8.80. The Balaban J connectivity index is 1.57. The molecule has 2 heterocycles. The Morgan fingerprint density at radius 3 is 2.43 bits per heavy atom. The average Bonchev–Trinajstić information content (AvgIpc) is 2.58. The normalized spacial score (nSPS) is 17.3. The highest BCUT2D eigenvalue weighted by Gasteiger charge is 2.19. The molecule has 1 aliphatic heterocycles. The summed E-state index contributed by atoms with van der Waals surface area (Å²) in [6.45, 7) is 4.96. The Labute approximate surface area is 138 Å². The van der Waals surface area contributed by atoms with Crippen LogP contribution in [0.5, 0.6) is 0 Å². The second-order valence-electron chi connectivity index (χ2n) is 6.19. The summed E-state index contributed by atoms with van der Waals surface area (Å²) in [7, 11) is -1.18. The minimum Gasteiger partial charge on any atom is -0.427 e. The first-order valence-corrected chi connectivity index (χ1v) is 8.51. The maximum Gasteiger partial charge on any atom is 0.451 e. The van der Waals surface area contributed by atoms with Crippen LogP contribution in [0.1, 0.15) is 25.7 Å². The molecular formula is C15H28BN5O2. The molecule has 7 nitrogen and oxygen atoms in total. The number of anilines is 1. The topological polar surface area (TPSA) is 98.7 Å². The minimum absolute atomic E-state index is 0.196. The van der Waals surface area contributed by atoms with Gasteiger partial charge in [0.25, 0.3) is 0 Å². The van der Waals surface area contributed by atoms with Gasteiger partial charge in [0, 0.05) is 44.6 Å². The summed E-state index contributed by atoms with van der Waals surface area (Å²) < 4.78 is 0. The quantitative estimate of drug-likeness (QED) is 0.433. The molecule has 128 valence electrons. The van der Waals surface area contributed by atoms with E-state index in [1.807, 2.05) is 6.07 Å². The van der Waals surface area contributed by atoms with Crippen LogP contribution in [0.4, 0.5) is 5.95 Å². The van der Waals surface area contributed by atoms with Crippen molar-refractivity contribution < 1.29 is 10.0 Å². The lowest BCUT2D eigenvalue weighted by Crippen LogP contribution is -2.47. The van der Waals surface area contributed by atoms with Crippen molar-refractivity contribution in [2.24, 2.45) is 5.73 Å². The average molecular weight is 321 g/mol. The summed E-state index contributed by atoms with van der Waals surface area (Å²) in [5.41, 5.74) is 6.14. The molecule has 0 saturated carbocycles. The van der Waals surface area contributed by atoms with Crippen molar-refractivity contribution in [2.45, 2.75) is 38.0 Å². The van der Waals surface area contributed by atoms with Gasteiger partial charge in [-0.2, -0.15) is 0 Å². The molecule has 8 heteroatoms. The number of aromatic nitrogens is 2. The third-order valence-electron chi connectivity index (χ3n) is 4.31. The number of rotatable bonds is 9. The predicted octanol–water partition coefficient (Wildman–Crippen LogP) is -0.0409. The van der Waals surface area contributed by atoms with Gasteiger partial charge in [0.2, 0.25) is 5.95 Å². The van der Waals surface area contributed by atoms with E-state index in [9.17, 15) is 0 Å². The van der Waals surface area contributed by atoms with Gasteiger partial charge in [-0.3, -0.25) is 4.90 Å². The van der Waals surface area contributed by atoms with Crippen LogP contribution >= 0.6 is 0 Å². The van der Waals surface area contributed by atoms with E-state index in [0.717, 1.165) is 64.4 Å². The molecule has 1 aromatic rings. The van der Waals surface area contributed by atoms with E-state index in [1.54, 1.807) is 12.4 Å². The van der Waals surface area contributed by atoms with Gasteiger partial charge < -0.3 is 20.7 Å². The zero-order valence-corrected chi connectivity index (χ0v) is 13.7. The minimum atomic E-state index is -1.18. The van der Waals surface area contributed by atoms with Crippen molar-refractivity contribution in [1.82, 2.24) is 14.9 Å². The lowest BCUT2D eigenvalue weighted by molar-refractivity contribution is 0.245. The van der Waals surface area contributed by atoms with E-state index >= 15 is 0 Å². The van der Waals surface area contributed by atoms with Crippen LogP contribution in [0.25, 0.3) is 0 Å². The highest BCUT2D eigenvalue weighted by Crippen LogP contribution is 2.11. The number of piperazine rings is 1. The van der Waals surface area contributed by atoms with E-state index in [2.05, 4.69) is 19.8 Å². The van der Waals surface area contributed by atoms with Gasteiger partial charge in [-0.15, -0.1) is 0 Å². The van der Waals surface area contributed by atoms with Crippen molar-refractivity contribution in [3.05, 3.63) is 18.5 Å². The van der Waals surface area contributed by atoms with Crippen molar-refractivity contribution in [3.8, 4) is 0 Å². The Kier molecular flexibility index (Phi) is 7.74. The Bertz CT molecular complexity index is 429.